The first-order valence-electron chi connectivity index (χ1n) is 8.09. The first-order chi connectivity index (χ1) is 12.6. The Bertz CT molecular complexity index is 1070. The number of carbonyl (C=O) groups excluding carboxylic acids is 1. The average Bonchev–Trinajstić information content (AvgIpc) is 3.26. The van der Waals surface area contributed by atoms with Crippen LogP contribution >= 0.6 is 11.3 Å². The Morgan fingerprint density at radius 2 is 2.15 bits per heavy atom. The molecule has 0 aliphatic heterocycles. The summed E-state index contributed by atoms with van der Waals surface area (Å²) in [5.74, 6) is 0.530. The van der Waals surface area contributed by atoms with E-state index in [4.69, 9.17) is 4.52 Å². The van der Waals surface area contributed by atoms with E-state index in [1.54, 1.807) is 35.7 Å². The number of aryl methyl sites for hydroxylation is 1. The molecule has 3 aromatic heterocycles. The third-order valence-corrected chi connectivity index (χ3v) is 4.95. The number of carbonyl (C=O) groups is 1. The third-order valence-electron chi connectivity index (χ3n) is 4.00. The summed E-state index contributed by atoms with van der Waals surface area (Å²) >= 11 is 1.62. The molecule has 4 rings (SSSR count). The van der Waals surface area contributed by atoms with Gasteiger partial charge >= 0.3 is 0 Å². The highest BCUT2D eigenvalue weighted by Crippen LogP contribution is 2.23. The monoisotopic (exact) mass is 364 g/mol. The summed E-state index contributed by atoms with van der Waals surface area (Å²) in [6, 6.07) is 11.2. The Morgan fingerprint density at radius 3 is 2.96 bits per heavy atom. The molecular weight excluding hydrogens is 348 g/mol. The molecule has 0 radical (unpaired) electrons. The molecule has 0 saturated carbocycles. The summed E-state index contributed by atoms with van der Waals surface area (Å²) in [7, 11) is 1.74. The molecule has 3 heterocycles. The topological polar surface area (TPSA) is 72.1 Å². The van der Waals surface area contributed by atoms with Crippen molar-refractivity contribution in [3.05, 3.63) is 65.1 Å². The maximum absolute atomic E-state index is 12.7. The smallest absolute Gasteiger partial charge is 0.254 e. The molecule has 0 N–H and O–H groups in total. The van der Waals surface area contributed by atoms with Crippen LogP contribution in [-0.4, -0.2) is 33.0 Å². The highest BCUT2D eigenvalue weighted by molar-refractivity contribution is 7.18. The summed E-state index contributed by atoms with van der Waals surface area (Å²) in [6.45, 7) is 2.29. The second kappa shape index (κ2) is 6.68. The number of hydrogen-bond acceptors (Lipinski definition) is 6. The number of rotatable bonds is 4. The molecule has 1 aromatic carbocycles. The molecule has 0 fully saturated rings. The summed E-state index contributed by atoms with van der Waals surface area (Å²) < 4.78 is 6.45. The van der Waals surface area contributed by atoms with Crippen LogP contribution in [0.4, 0.5) is 0 Å². The lowest BCUT2D eigenvalue weighted by Gasteiger charge is -2.15. The van der Waals surface area contributed by atoms with Gasteiger partial charge in [0.05, 0.1) is 21.8 Å². The number of benzene rings is 1. The number of pyridine rings is 1. The van der Waals surface area contributed by atoms with Gasteiger partial charge in [0.15, 0.2) is 5.76 Å². The van der Waals surface area contributed by atoms with E-state index in [0.717, 1.165) is 20.8 Å². The highest BCUT2D eigenvalue weighted by Gasteiger charge is 2.16. The van der Waals surface area contributed by atoms with Gasteiger partial charge in [-0.25, -0.2) is 4.98 Å². The lowest BCUT2D eigenvalue weighted by molar-refractivity contribution is 0.0772. The van der Waals surface area contributed by atoms with Crippen LogP contribution in [0.3, 0.4) is 0 Å². The van der Waals surface area contributed by atoms with Gasteiger partial charge in [-0.15, -0.1) is 11.3 Å². The average molecular weight is 364 g/mol. The molecule has 0 atom stereocenters. The molecule has 0 aliphatic carbocycles. The molecule has 0 bridgehead atoms. The van der Waals surface area contributed by atoms with Crippen LogP contribution in [0.15, 0.2) is 53.3 Å². The van der Waals surface area contributed by atoms with Crippen LogP contribution in [0, 0.1) is 6.92 Å². The molecule has 0 spiro atoms. The summed E-state index contributed by atoms with van der Waals surface area (Å²) in [6.07, 6.45) is 3.43. The molecule has 26 heavy (non-hydrogen) atoms. The molecule has 1 amide bonds. The van der Waals surface area contributed by atoms with Crippen molar-refractivity contribution >= 4 is 27.5 Å². The number of nitrogens with zero attached hydrogens (tertiary/aromatic N) is 4. The van der Waals surface area contributed by atoms with Crippen LogP contribution in [0.25, 0.3) is 21.5 Å². The van der Waals surface area contributed by atoms with E-state index in [1.807, 2.05) is 43.3 Å². The van der Waals surface area contributed by atoms with Crippen molar-refractivity contribution < 1.29 is 9.32 Å². The second-order valence-electron chi connectivity index (χ2n) is 6.00. The van der Waals surface area contributed by atoms with E-state index in [1.165, 1.54) is 0 Å². The largest absolute Gasteiger partial charge is 0.359 e. The Labute approximate surface area is 154 Å². The van der Waals surface area contributed by atoms with E-state index in [2.05, 4.69) is 15.1 Å². The molecule has 0 saturated heterocycles. The SMILES string of the molecule is Cc1nc2cc(C(=O)N(C)Cc3cc(-c4cccnc4)no3)ccc2s1. The lowest BCUT2D eigenvalue weighted by Crippen LogP contribution is -2.25. The van der Waals surface area contributed by atoms with Gasteiger partial charge < -0.3 is 9.42 Å². The minimum atomic E-state index is -0.0862. The van der Waals surface area contributed by atoms with Crippen molar-refractivity contribution in [2.45, 2.75) is 13.5 Å². The van der Waals surface area contributed by atoms with E-state index in [-0.39, 0.29) is 5.91 Å². The van der Waals surface area contributed by atoms with Crippen molar-refractivity contribution in [1.82, 2.24) is 20.0 Å². The van der Waals surface area contributed by atoms with Gasteiger partial charge in [-0.3, -0.25) is 9.78 Å². The van der Waals surface area contributed by atoms with Gasteiger partial charge in [-0.1, -0.05) is 5.16 Å². The van der Waals surface area contributed by atoms with Gasteiger partial charge in [-0.05, 0) is 37.3 Å². The normalized spacial score (nSPS) is 11.0. The van der Waals surface area contributed by atoms with Crippen LogP contribution in [0.2, 0.25) is 0 Å². The maximum Gasteiger partial charge on any atom is 0.254 e. The Morgan fingerprint density at radius 1 is 1.27 bits per heavy atom. The number of thiazole rings is 1. The first-order valence-corrected chi connectivity index (χ1v) is 8.90. The minimum absolute atomic E-state index is 0.0862. The first kappa shape index (κ1) is 16.4. The minimum Gasteiger partial charge on any atom is -0.359 e. The van der Waals surface area contributed by atoms with Crippen molar-refractivity contribution in [2.24, 2.45) is 0 Å². The fourth-order valence-electron chi connectivity index (χ4n) is 2.74. The maximum atomic E-state index is 12.7. The van der Waals surface area contributed by atoms with Crippen LogP contribution in [0.5, 0.6) is 0 Å². The zero-order valence-electron chi connectivity index (χ0n) is 14.3. The van der Waals surface area contributed by atoms with Gasteiger partial charge in [0.25, 0.3) is 5.91 Å². The van der Waals surface area contributed by atoms with Crippen molar-refractivity contribution in [3.63, 3.8) is 0 Å². The number of amides is 1. The van der Waals surface area contributed by atoms with Gasteiger partial charge in [0.1, 0.15) is 5.69 Å². The van der Waals surface area contributed by atoms with Crippen LogP contribution < -0.4 is 0 Å². The van der Waals surface area contributed by atoms with Gasteiger partial charge in [0, 0.05) is 36.6 Å². The summed E-state index contributed by atoms with van der Waals surface area (Å²) in [5.41, 5.74) is 3.04. The molecule has 6 nitrogen and oxygen atoms in total. The highest BCUT2D eigenvalue weighted by atomic mass is 32.1. The summed E-state index contributed by atoms with van der Waals surface area (Å²) in [5, 5.41) is 5.04. The zero-order chi connectivity index (χ0) is 18.1. The number of aromatic nitrogens is 3. The Kier molecular flexibility index (Phi) is 4.22. The van der Waals surface area contributed by atoms with E-state index >= 15 is 0 Å². The molecule has 0 aliphatic rings. The van der Waals surface area contributed by atoms with Crippen LogP contribution in [0.1, 0.15) is 21.1 Å². The molecule has 130 valence electrons. The molecule has 0 unspecified atom stereocenters. The van der Waals surface area contributed by atoms with E-state index in [0.29, 0.717) is 23.6 Å². The van der Waals surface area contributed by atoms with Crippen molar-refractivity contribution in [1.29, 1.82) is 0 Å². The molecular formula is C19H16N4O2S. The predicted molar refractivity (Wildman–Crippen MR) is 99.9 cm³/mol. The zero-order valence-corrected chi connectivity index (χ0v) is 15.2. The second-order valence-corrected chi connectivity index (χ2v) is 7.23. The summed E-state index contributed by atoms with van der Waals surface area (Å²) in [4.78, 5) is 22.8. The van der Waals surface area contributed by atoms with E-state index in [9.17, 15) is 4.79 Å². The Balaban J connectivity index is 1.51. The van der Waals surface area contributed by atoms with Crippen LogP contribution in [-0.2, 0) is 6.54 Å². The lowest BCUT2D eigenvalue weighted by atomic mass is 10.2. The number of hydrogen-bond donors (Lipinski definition) is 0. The van der Waals surface area contributed by atoms with E-state index < -0.39 is 0 Å². The Hall–Kier alpha value is -3.06. The van der Waals surface area contributed by atoms with Gasteiger partial charge in [0.2, 0.25) is 0 Å². The molecule has 7 heteroatoms. The molecule has 4 aromatic rings. The quantitative estimate of drug-likeness (QED) is 0.549. The van der Waals surface area contributed by atoms with Gasteiger partial charge in [-0.2, -0.15) is 0 Å². The van der Waals surface area contributed by atoms with Crippen molar-refractivity contribution in [2.75, 3.05) is 7.05 Å². The standard InChI is InChI=1S/C19H16N4O2S/c1-12-21-17-8-13(5-6-18(17)26-12)19(24)23(2)11-15-9-16(22-25-15)14-4-3-7-20-10-14/h3-10H,11H2,1-2H3. The fourth-order valence-corrected chi connectivity index (χ4v) is 3.55. The number of fused-ring (bicyclic) bond motifs is 1. The third kappa shape index (κ3) is 3.21. The van der Waals surface area contributed by atoms with Crippen molar-refractivity contribution in [3.8, 4) is 11.3 Å². The fraction of sp³-hybridized carbons (Fsp3) is 0.158. The predicted octanol–water partition coefficient (Wildman–Crippen LogP) is 3.93.